The van der Waals surface area contributed by atoms with Crippen molar-refractivity contribution in [1.29, 1.82) is 0 Å². The minimum atomic E-state index is 0.139. The second-order valence-corrected chi connectivity index (χ2v) is 6.75. The van der Waals surface area contributed by atoms with Crippen LogP contribution in [-0.2, 0) is 0 Å². The predicted octanol–water partition coefficient (Wildman–Crippen LogP) is 5.85. The van der Waals surface area contributed by atoms with Gasteiger partial charge in [0, 0.05) is 28.3 Å². The third-order valence-electron chi connectivity index (χ3n) is 4.69. The highest BCUT2D eigenvalue weighted by atomic mass is 16.5. The quantitative estimate of drug-likeness (QED) is 0.240. The van der Waals surface area contributed by atoms with Crippen molar-refractivity contribution < 1.29 is 4.74 Å². The van der Waals surface area contributed by atoms with Crippen LogP contribution in [0, 0.1) is 5.92 Å². The fourth-order valence-electron chi connectivity index (χ4n) is 3.26. The van der Waals surface area contributed by atoms with Crippen LogP contribution in [0.5, 0.6) is 5.75 Å². The van der Waals surface area contributed by atoms with E-state index >= 15 is 0 Å². The highest BCUT2D eigenvalue weighted by Crippen LogP contribution is 2.30. The number of aliphatic imine (C=N–C) groups is 1. The number of allylic oxidation sites excluding steroid dienone is 5. The number of methoxy groups -OCH3 is 1. The van der Waals surface area contributed by atoms with E-state index in [0.29, 0.717) is 11.5 Å². The van der Waals surface area contributed by atoms with E-state index in [-0.39, 0.29) is 5.92 Å². The first kappa shape index (κ1) is 22.8. The first-order valence-electron chi connectivity index (χ1n) is 10.00. The number of para-hydroxylation sites is 2. The number of hydrogen-bond donors (Lipinski definition) is 2. The summed E-state index contributed by atoms with van der Waals surface area (Å²) in [4.78, 5) is 4.83. The molecule has 1 atom stereocenters. The standard InChI is InChI=1S/C26H31N3O/c1-5-12-19(13-6-2)18-24(22-15-9-11-17-25(22)30-4)29-26(28)20(7-3)21-14-8-10-16-23(21)27/h5-11,13-19H,1,12,27H2,2-4H3,(H2,28,29)/b13-6-,20-7-,24-18+. The molecule has 0 aliphatic rings. The summed E-state index contributed by atoms with van der Waals surface area (Å²) in [6.07, 6.45) is 10.9. The fourth-order valence-corrected chi connectivity index (χ4v) is 3.26. The van der Waals surface area contributed by atoms with E-state index in [1.165, 1.54) is 0 Å². The van der Waals surface area contributed by atoms with Crippen molar-refractivity contribution >= 4 is 22.8 Å². The van der Waals surface area contributed by atoms with E-state index in [4.69, 9.17) is 21.2 Å². The zero-order valence-corrected chi connectivity index (χ0v) is 18.0. The molecule has 30 heavy (non-hydrogen) atoms. The van der Waals surface area contributed by atoms with Crippen LogP contribution in [0.1, 0.15) is 31.4 Å². The van der Waals surface area contributed by atoms with Crippen molar-refractivity contribution in [3.63, 3.8) is 0 Å². The van der Waals surface area contributed by atoms with Gasteiger partial charge in [-0.1, -0.05) is 60.7 Å². The minimum absolute atomic E-state index is 0.139. The number of nitrogen functional groups attached to an aromatic ring is 1. The fraction of sp³-hybridized carbons (Fsp3) is 0.192. The van der Waals surface area contributed by atoms with Gasteiger partial charge in [0.2, 0.25) is 0 Å². The van der Waals surface area contributed by atoms with Crippen molar-refractivity contribution in [2.24, 2.45) is 16.6 Å². The van der Waals surface area contributed by atoms with Gasteiger partial charge in [-0.15, -0.1) is 6.58 Å². The highest BCUT2D eigenvalue weighted by molar-refractivity contribution is 6.24. The summed E-state index contributed by atoms with van der Waals surface area (Å²) in [7, 11) is 1.65. The first-order valence-corrected chi connectivity index (χ1v) is 10.00. The number of rotatable bonds is 9. The first-order chi connectivity index (χ1) is 14.5. The smallest absolute Gasteiger partial charge is 0.131 e. The summed E-state index contributed by atoms with van der Waals surface area (Å²) in [5.74, 6) is 1.27. The number of nitrogens with two attached hydrogens (primary N) is 2. The molecule has 4 nitrogen and oxygen atoms in total. The summed E-state index contributed by atoms with van der Waals surface area (Å²) in [5, 5.41) is 0. The zero-order chi connectivity index (χ0) is 21.9. The summed E-state index contributed by atoms with van der Waals surface area (Å²) in [5.41, 5.74) is 16.6. The molecule has 1 unspecified atom stereocenters. The van der Waals surface area contributed by atoms with Gasteiger partial charge >= 0.3 is 0 Å². The van der Waals surface area contributed by atoms with Crippen molar-refractivity contribution in [1.82, 2.24) is 0 Å². The molecule has 0 radical (unpaired) electrons. The second-order valence-electron chi connectivity index (χ2n) is 6.75. The number of anilines is 1. The van der Waals surface area contributed by atoms with Gasteiger partial charge in [-0.25, -0.2) is 4.99 Å². The monoisotopic (exact) mass is 401 g/mol. The van der Waals surface area contributed by atoms with Crippen LogP contribution in [0.15, 0.2) is 90.5 Å². The summed E-state index contributed by atoms with van der Waals surface area (Å²) in [6.45, 7) is 7.80. The molecule has 156 valence electrons. The largest absolute Gasteiger partial charge is 0.496 e. The molecule has 0 bridgehead atoms. The Hall–Kier alpha value is -3.53. The van der Waals surface area contributed by atoms with Gasteiger partial charge in [0.1, 0.15) is 11.6 Å². The maximum Gasteiger partial charge on any atom is 0.131 e. The average molecular weight is 402 g/mol. The Balaban J connectivity index is 2.64. The lowest BCUT2D eigenvalue weighted by atomic mass is 9.99. The molecule has 0 fully saturated rings. The molecule has 2 aromatic rings. The van der Waals surface area contributed by atoms with Crippen LogP contribution in [0.2, 0.25) is 0 Å². The SMILES string of the molecule is C=CCC(/C=C\C)/C=C(/N=C(N)/C(=C\C)c1ccccc1N)c1ccccc1OC. The van der Waals surface area contributed by atoms with Gasteiger partial charge < -0.3 is 16.2 Å². The molecule has 0 aliphatic heterocycles. The van der Waals surface area contributed by atoms with Crippen molar-refractivity contribution in [3.8, 4) is 5.75 Å². The van der Waals surface area contributed by atoms with E-state index in [2.05, 4.69) is 18.7 Å². The van der Waals surface area contributed by atoms with Gasteiger partial charge in [0.05, 0.1) is 12.8 Å². The third-order valence-corrected chi connectivity index (χ3v) is 4.69. The Labute approximate surface area is 180 Å². The summed E-state index contributed by atoms with van der Waals surface area (Å²) in [6, 6.07) is 15.4. The van der Waals surface area contributed by atoms with Gasteiger partial charge in [0.15, 0.2) is 0 Å². The molecule has 2 rings (SSSR count). The number of benzene rings is 2. The Bertz CT molecular complexity index is 983. The normalized spacial score (nSPS) is 14.0. The van der Waals surface area contributed by atoms with Crippen LogP contribution in [-0.4, -0.2) is 12.9 Å². The molecule has 0 aromatic heterocycles. The summed E-state index contributed by atoms with van der Waals surface area (Å²) >= 11 is 0. The molecule has 0 saturated heterocycles. The molecule has 0 saturated carbocycles. The van der Waals surface area contributed by atoms with Crippen LogP contribution in [0.3, 0.4) is 0 Å². The van der Waals surface area contributed by atoms with Crippen LogP contribution in [0.4, 0.5) is 5.69 Å². The maximum atomic E-state index is 6.49. The molecule has 0 aliphatic carbocycles. The van der Waals surface area contributed by atoms with E-state index in [1.54, 1.807) is 7.11 Å². The lowest BCUT2D eigenvalue weighted by molar-refractivity contribution is 0.413. The maximum absolute atomic E-state index is 6.49. The topological polar surface area (TPSA) is 73.6 Å². The Kier molecular flexibility index (Phi) is 8.70. The molecular formula is C26H31N3O. The zero-order valence-electron chi connectivity index (χ0n) is 18.0. The van der Waals surface area contributed by atoms with Crippen molar-refractivity contribution in [2.75, 3.05) is 12.8 Å². The van der Waals surface area contributed by atoms with Gasteiger partial charge in [-0.3, -0.25) is 0 Å². The van der Waals surface area contributed by atoms with Crippen LogP contribution >= 0.6 is 0 Å². The average Bonchev–Trinajstić information content (AvgIpc) is 2.75. The molecule has 0 amide bonds. The number of ether oxygens (including phenoxy) is 1. The molecule has 0 spiro atoms. The van der Waals surface area contributed by atoms with Crippen LogP contribution in [0.25, 0.3) is 11.3 Å². The van der Waals surface area contributed by atoms with Crippen molar-refractivity contribution in [2.45, 2.75) is 20.3 Å². The number of amidine groups is 1. The molecule has 0 heterocycles. The van der Waals surface area contributed by atoms with E-state index < -0.39 is 0 Å². The second kappa shape index (κ2) is 11.5. The van der Waals surface area contributed by atoms with E-state index in [9.17, 15) is 0 Å². The van der Waals surface area contributed by atoms with Gasteiger partial charge in [-0.2, -0.15) is 0 Å². The van der Waals surface area contributed by atoms with Crippen LogP contribution < -0.4 is 16.2 Å². The van der Waals surface area contributed by atoms with Crippen molar-refractivity contribution in [3.05, 3.63) is 96.6 Å². The Morgan fingerprint density at radius 1 is 1.10 bits per heavy atom. The Morgan fingerprint density at radius 3 is 2.37 bits per heavy atom. The number of hydrogen-bond acceptors (Lipinski definition) is 3. The lowest BCUT2D eigenvalue weighted by Gasteiger charge is -2.14. The predicted molar refractivity (Wildman–Crippen MR) is 130 cm³/mol. The molecular weight excluding hydrogens is 370 g/mol. The molecule has 2 aromatic carbocycles. The summed E-state index contributed by atoms with van der Waals surface area (Å²) < 4.78 is 5.58. The molecule has 4 N–H and O–H groups in total. The minimum Gasteiger partial charge on any atom is -0.496 e. The van der Waals surface area contributed by atoms with Gasteiger partial charge in [-0.05, 0) is 38.5 Å². The third kappa shape index (κ3) is 5.74. The van der Waals surface area contributed by atoms with E-state index in [1.807, 2.05) is 80.6 Å². The highest BCUT2D eigenvalue weighted by Gasteiger charge is 2.14. The van der Waals surface area contributed by atoms with Gasteiger partial charge in [0.25, 0.3) is 0 Å². The van der Waals surface area contributed by atoms with E-state index in [0.717, 1.165) is 34.6 Å². The molecule has 4 heteroatoms. The lowest BCUT2D eigenvalue weighted by Crippen LogP contribution is -2.15. The number of nitrogens with zero attached hydrogens (tertiary/aromatic N) is 1. The Morgan fingerprint density at radius 2 is 1.77 bits per heavy atom.